The molecule has 0 amide bonds. The average Bonchev–Trinajstić information content (AvgIpc) is 2.00. The van der Waals surface area contributed by atoms with Crippen LogP contribution in [0, 0.1) is 6.42 Å². The first-order valence-electron chi connectivity index (χ1n) is 3.97. The van der Waals surface area contributed by atoms with Gasteiger partial charge in [-0.1, -0.05) is 25.0 Å². The molecule has 0 aromatic carbocycles. The van der Waals surface area contributed by atoms with Crippen molar-refractivity contribution in [3.05, 3.63) is 18.6 Å². The minimum absolute atomic E-state index is 1.19. The van der Waals surface area contributed by atoms with Gasteiger partial charge in [0, 0.05) is 0 Å². The average molecular weight is 123 g/mol. The largest absolute Gasteiger partial charge is 0.0885 e. The Morgan fingerprint density at radius 3 is 2.67 bits per heavy atom. The lowest BCUT2D eigenvalue weighted by molar-refractivity contribution is 0.684. The molecule has 1 aliphatic carbocycles. The van der Waals surface area contributed by atoms with Crippen LogP contribution in [0.2, 0.25) is 0 Å². The van der Waals surface area contributed by atoms with Crippen molar-refractivity contribution in [2.24, 2.45) is 0 Å². The van der Waals surface area contributed by atoms with Gasteiger partial charge >= 0.3 is 0 Å². The van der Waals surface area contributed by atoms with Crippen molar-refractivity contribution in [2.75, 3.05) is 0 Å². The van der Waals surface area contributed by atoms with Crippen LogP contribution < -0.4 is 0 Å². The summed E-state index contributed by atoms with van der Waals surface area (Å²) >= 11 is 0. The Morgan fingerprint density at radius 1 is 0.778 bits per heavy atom. The number of rotatable bonds is 0. The zero-order chi connectivity index (χ0) is 6.36. The molecule has 51 valence electrons. The number of hydrogen-bond acceptors (Lipinski definition) is 0. The molecule has 0 aliphatic heterocycles. The van der Waals surface area contributed by atoms with Crippen LogP contribution in [0.3, 0.4) is 0 Å². The van der Waals surface area contributed by atoms with E-state index in [1.807, 2.05) is 0 Å². The predicted molar refractivity (Wildman–Crippen MR) is 41.1 cm³/mol. The molecule has 0 heteroatoms. The molecule has 1 radical (unpaired) electrons. The van der Waals surface area contributed by atoms with E-state index < -0.39 is 0 Å². The Bertz CT molecular complexity index is 72.0. The maximum atomic E-state index is 2.38. The van der Waals surface area contributed by atoms with Crippen LogP contribution in [-0.4, -0.2) is 0 Å². The molecular weight excluding hydrogens is 108 g/mol. The molecule has 0 atom stereocenters. The first kappa shape index (κ1) is 6.85. The van der Waals surface area contributed by atoms with Crippen molar-refractivity contribution < 1.29 is 0 Å². The molecule has 0 bridgehead atoms. The maximum Gasteiger partial charge on any atom is -0.0319 e. The van der Waals surface area contributed by atoms with Crippen molar-refractivity contribution >= 4 is 0 Å². The fourth-order valence-electron chi connectivity index (χ4n) is 1.16. The summed E-state index contributed by atoms with van der Waals surface area (Å²) in [5.41, 5.74) is 0. The summed E-state index contributed by atoms with van der Waals surface area (Å²) in [7, 11) is 0. The lowest BCUT2D eigenvalue weighted by atomic mass is 10.1. The summed E-state index contributed by atoms with van der Waals surface area (Å²) in [6.45, 7) is 0. The van der Waals surface area contributed by atoms with E-state index in [1.54, 1.807) is 0 Å². The van der Waals surface area contributed by atoms with Crippen LogP contribution in [0.4, 0.5) is 0 Å². The predicted octanol–water partition coefficient (Wildman–Crippen LogP) is 3.10. The van der Waals surface area contributed by atoms with Crippen LogP contribution in [0.25, 0.3) is 0 Å². The van der Waals surface area contributed by atoms with Crippen molar-refractivity contribution in [3.63, 3.8) is 0 Å². The second-order valence-electron chi connectivity index (χ2n) is 2.63. The van der Waals surface area contributed by atoms with Gasteiger partial charge in [-0.25, -0.2) is 0 Å². The van der Waals surface area contributed by atoms with Crippen LogP contribution >= 0.6 is 0 Å². The molecule has 0 fully saturated rings. The highest BCUT2D eigenvalue weighted by molar-refractivity contribution is 4.87. The van der Waals surface area contributed by atoms with Gasteiger partial charge in [-0.05, 0) is 32.1 Å². The molecule has 1 aliphatic rings. The summed E-state index contributed by atoms with van der Waals surface area (Å²) in [5, 5.41) is 0. The Labute approximate surface area is 58.0 Å². The van der Waals surface area contributed by atoms with E-state index in [9.17, 15) is 0 Å². The standard InChI is InChI=1S/C9H15/c1-2-4-6-8-9-7-5-3-1/h1-2,5H,3-4,6-9H2. The monoisotopic (exact) mass is 123 g/mol. The molecule has 0 saturated heterocycles. The summed E-state index contributed by atoms with van der Waals surface area (Å²) in [6, 6.07) is 0. The van der Waals surface area contributed by atoms with Gasteiger partial charge in [0.05, 0.1) is 0 Å². The van der Waals surface area contributed by atoms with Gasteiger partial charge < -0.3 is 0 Å². The Morgan fingerprint density at radius 2 is 1.67 bits per heavy atom. The number of hydrogen-bond donors (Lipinski definition) is 0. The van der Waals surface area contributed by atoms with Crippen LogP contribution in [0.15, 0.2) is 12.2 Å². The van der Waals surface area contributed by atoms with Crippen LogP contribution in [0.1, 0.15) is 38.5 Å². The molecule has 9 heavy (non-hydrogen) atoms. The van der Waals surface area contributed by atoms with Crippen LogP contribution in [-0.2, 0) is 0 Å². The third-order valence-electron chi connectivity index (χ3n) is 1.75. The van der Waals surface area contributed by atoms with Gasteiger partial charge in [0.25, 0.3) is 0 Å². The third kappa shape index (κ3) is 3.34. The molecule has 0 spiro atoms. The van der Waals surface area contributed by atoms with Gasteiger partial charge in [0.2, 0.25) is 0 Å². The normalized spacial score (nSPS) is 22.2. The smallest absolute Gasteiger partial charge is 0.0319 e. The highest BCUT2D eigenvalue weighted by Gasteiger charge is 1.91. The molecule has 0 saturated carbocycles. The second-order valence-corrected chi connectivity index (χ2v) is 2.63. The van der Waals surface area contributed by atoms with E-state index in [2.05, 4.69) is 18.6 Å². The van der Waals surface area contributed by atoms with E-state index in [0.717, 1.165) is 0 Å². The Balaban J connectivity index is 2.15. The molecule has 0 nitrogen and oxygen atoms in total. The summed E-state index contributed by atoms with van der Waals surface area (Å²) in [6.07, 6.45) is 15.0. The van der Waals surface area contributed by atoms with E-state index in [-0.39, 0.29) is 0 Å². The molecule has 0 aromatic rings. The van der Waals surface area contributed by atoms with E-state index in [4.69, 9.17) is 0 Å². The van der Waals surface area contributed by atoms with E-state index in [1.165, 1.54) is 38.5 Å². The second kappa shape index (κ2) is 4.60. The van der Waals surface area contributed by atoms with Gasteiger partial charge in [-0.3, -0.25) is 0 Å². The molecular formula is C9H15. The van der Waals surface area contributed by atoms with Crippen molar-refractivity contribution in [1.82, 2.24) is 0 Å². The highest BCUT2D eigenvalue weighted by atomic mass is 14.0. The summed E-state index contributed by atoms with van der Waals surface area (Å²) in [5.74, 6) is 0. The fraction of sp³-hybridized carbons (Fsp3) is 0.667. The molecule has 1 rings (SSSR count). The first-order chi connectivity index (χ1) is 4.50. The van der Waals surface area contributed by atoms with Crippen molar-refractivity contribution in [2.45, 2.75) is 38.5 Å². The zero-order valence-corrected chi connectivity index (χ0v) is 5.97. The van der Waals surface area contributed by atoms with Crippen LogP contribution in [0.5, 0.6) is 0 Å². The van der Waals surface area contributed by atoms with Gasteiger partial charge in [-0.2, -0.15) is 0 Å². The zero-order valence-electron chi connectivity index (χ0n) is 5.97. The third-order valence-corrected chi connectivity index (χ3v) is 1.75. The Hall–Kier alpha value is -0.260. The molecule has 0 aromatic heterocycles. The lowest BCUT2D eigenvalue weighted by Gasteiger charge is -1.93. The topological polar surface area (TPSA) is 0 Å². The van der Waals surface area contributed by atoms with Crippen molar-refractivity contribution in [3.8, 4) is 0 Å². The quantitative estimate of drug-likeness (QED) is 0.434. The van der Waals surface area contributed by atoms with Gasteiger partial charge in [0.1, 0.15) is 0 Å². The minimum atomic E-state index is 1.19. The van der Waals surface area contributed by atoms with Crippen molar-refractivity contribution in [1.29, 1.82) is 0 Å². The fourth-order valence-corrected chi connectivity index (χ4v) is 1.16. The van der Waals surface area contributed by atoms with Gasteiger partial charge in [0.15, 0.2) is 0 Å². The van der Waals surface area contributed by atoms with E-state index >= 15 is 0 Å². The minimum Gasteiger partial charge on any atom is -0.0885 e. The summed E-state index contributed by atoms with van der Waals surface area (Å²) in [4.78, 5) is 0. The number of allylic oxidation sites excluding steroid dienone is 2. The highest BCUT2D eigenvalue weighted by Crippen LogP contribution is 2.10. The first-order valence-corrected chi connectivity index (χ1v) is 3.97. The lowest BCUT2D eigenvalue weighted by Crippen LogP contribution is -1.75. The van der Waals surface area contributed by atoms with E-state index in [0.29, 0.717) is 0 Å². The van der Waals surface area contributed by atoms with Gasteiger partial charge in [-0.15, -0.1) is 0 Å². The molecule has 0 N–H and O–H groups in total. The molecule has 0 heterocycles. The SMILES string of the molecule is [CH]1CC=CCCCCC1. The molecule has 0 unspecified atom stereocenters. The summed E-state index contributed by atoms with van der Waals surface area (Å²) < 4.78 is 0. The Kier molecular flexibility index (Phi) is 3.51. The maximum absolute atomic E-state index is 2.38.